The number of carbonyl (C=O) groups is 2. The highest BCUT2D eigenvalue weighted by atomic mass is 16.4. The molecule has 152 valence electrons. The third-order valence-corrected chi connectivity index (χ3v) is 6.53. The van der Waals surface area contributed by atoms with Crippen molar-refractivity contribution in [3.8, 4) is 0 Å². The molecule has 2 atom stereocenters. The van der Waals surface area contributed by atoms with Crippen LogP contribution < -0.4 is 0 Å². The number of carboxylic acids is 2. The first-order valence-corrected chi connectivity index (χ1v) is 10.8. The molecule has 0 aromatic carbocycles. The fourth-order valence-electron chi connectivity index (χ4n) is 4.89. The molecule has 26 heavy (non-hydrogen) atoms. The monoisotopic (exact) mass is 368 g/mol. The van der Waals surface area contributed by atoms with Crippen molar-refractivity contribution in [3.05, 3.63) is 0 Å². The normalized spacial score (nSPS) is 26.2. The average Bonchev–Trinajstić information content (AvgIpc) is 2.59. The van der Waals surface area contributed by atoms with Gasteiger partial charge in [0.1, 0.15) is 0 Å². The molecule has 2 N–H and O–H groups in total. The Balaban J connectivity index is 2.77. The summed E-state index contributed by atoms with van der Waals surface area (Å²) in [6, 6.07) is 0. The Labute approximate surface area is 159 Å². The molecule has 0 amide bonds. The first-order valence-electron chi connectivity index (χ1n) is 10.8. The second-order valence-electron chi connectivity index (χ2n) is 8.79. The van der Waals surface area contributed by atoms with E-state index in [9.17, 15) is 19.8 Å². The maximum Gasteiger partial charge on any atom is 0.310 e. The van der Waals surface area contributed by atoms with Gasteiger partial charge in [-0.2, -0.15) is 0 Å². The zero-order valence-electron chi connectivity index (χ0n) is 17.2. The van der Waals surface area contributed by atoms with Gasteiger partial charge in [0.25, 0.3) is 0 Å². The molecule has 1 rings (SSSR count). The largest absolute Gasteiger partial charge is 0.481 e. The predicted octanol–water partition coefficient (Wildman–Crippen LogP) is 6.28. The van der Waals surface area contributed by atoms with Crippen LogP contribution in [0.2, 0.25) is 0 Å². The SMILES string of the molecule is CCCCC1(C(=O)O)CCCCC1(CCCCCCCC(C)C)C(=O)O. The van der Waals surface area contributed by atoms with Crippen molar-refractivity contribution in [3.63, 3.8) is 0 Å². The Bertz CT molecular complexity index is 445. The number of rotatable bonds is 13. The van der Waals surface area contributed by atoms with Crippen LogP contribution in [0.15, 0.2) is 0 Å². The van der Waals surface area contributed by atoms with Crippen molar-refractivity contribution in [2.24, 2.45) is 16.7 Å². The molecule has 2 unspecified atom stereocenters. The Morgan fingerprint density at radius 2 is 1.27 bits per heavy atom. The van der Waals surface area contributed by atoms with Crippen LogP contribution in [0.1, 0.15) is 111 Å². The molecule has 0 aliphatic heterocycles. The molecule has 0 radical (unpaired) electrons. The van der Waals surface area contributed by atoms with Crippen LogP contribution in [-0.2, 0) is 9.59 Å². The first kappa shape index (κ1) is 23.0. The van der Waals surface area contributed by atoms with E-state index in [0.29, 0.717) is 25.7 Å². The molecule has 0 spiro atoms. The van der Waals surface area contributed by atoms with E-state index in [4.69, 9.17) is 0 Å². The summed E-state index contributed by atoms with van der Waals surface area (Å²) in [6.45, 7) is 6.51. The van der Waals surface area contributed by atoms with Crippen molar-refractivity contribution in [2.75, 3.05) is 0 Å². The molecule has 0 bridgehead atoms. The number of carboxylic acid groups (broad SMARTS) is 2. The number of unbranched alkanes of at least 4 members (excludes halogenated alkanes) is 5. The quantitative estimate of drug-likeness (QED) is 0.375. The third kappa shape index (κ3) is 5.47. The zero-order valence-corrected chi connectivity index (χ0v) is 17.2. The molecule has 1 aliphatic carbocycles. The van der Waals surface area contributed by atoms with Crippen LogP contribution in [0.3, 0.4) is 0 Å². The number of hydrogen-bond acceptors (Lipinski definition) is 2. The number of aliphatic carboxylic acids is 2. The van der Waals surface area contributed by atoms with Crippen molar-refractivity contribution in [1.82, 2.24) is 0 Å². The van der Waals surface area contributed by atoms with Crippen LogP contribution in [0.5, 0.6) is 0 Å². The van der Waals surface area contributed by atoms with Gasteiger partial charge in [0.2, 0.25) is 0 Å². The minimum atomic E-state index is -1.08. The smallest absolute Gasteiger partial charge is 0.310 e. The molecule has 0 saturated heterocycles. The fraction of sp³-hybridized carbons (Fsp3) is 0.909. The van der Waals surface area contributed by atoms with Crippen LogP contribution in [0, 0.1) is 16.7 Å². The van der Waals surface area contributed by atoms with E-state index in [1.807, 2.05) is 6.92 Å². The maximum absolute atomic E-state index is 12.3. The highest BCUT2D eigenvalue weighted by Gasteiger charge is 2.61. The molecular formula is C22H40O4. The van der Waals surface area contributed by atoms with Gasteiger partial charge in [-0.05, 0) is 31.6 Å². The summed E-state index contributed by atoms with van der Waals surface area (Å²) in [6.07, 6.45) is 12.0. The standard InChI is InChI=1S/C22H40O4/c1-4-5-14-21(19(23)24)16-11-12-17-22(21,20(25)26)15-10-8-6-7-9-13-18(2)3/h18H,4-17H2,1-3H3,(H,23,24)(H,25,26). The summed E-state index contributed by atoms with van der Waals surface area (Å²) in [7, 11) is 0. The minimum absolute atomic E-state index is 0.500. The van der Waals surface area contributed by atoms with Gasteiger partial charge in [0, 0.05) is 0 Å². The van der Waals surface area contributed by atoms with Crippen LogP contribution >= 0.6 is 0 Å². The van der Waals surface area contributed by atoms with Crippen LogP contribution in [-0.4, -0.2) is 22.2 Å². The summed E-state index contributed by atoms with van der Waals surface area (Å²) in [5, 5.41) is 20.2. The van der Waals surface area contributed by atoms with Crippen LogP contribution in [0.4, 0.5) is 0 Å². The lowest BCUT2D eigenvalue weighted by atomic mass is 9.52. The van der Waals surface area contributed by atoms with E-state index in [0.717, 1.165) is 50.9 Å². The molecule has 1 saturated carbocycles. The molecular weight excluding hydrogens is 328 g/mol. The van der Waals surface area contributed by atoms with Crippen molar-refractivity contribution in [2.45, 2.75) is 111 Å². The minimum Gasteiger partial charge on any atom is -0.481 e. The van der Waals surface area contributed by atoms with E-state index in [2.05, 4.69) is 13.8 Å². The molecule has 0 aromatic rings. The van der Waals surface area contributed by atoms with E-state index in [1.165, 1.54) is 19.3 Å². The van der Waals surface area contributed by atoms with Gasteiger partial charge in [-0.25, -0.2) is 0 Å². The average molecular weight is 369 g/mol. The van der Waals surface area contributed by atoms with Crippen LogP contribution in [0.25, 0.3) is 0 Å². The van der Waals surface area contributed by atoms with Crippen molar-refractivity contribution >= 4 is 11.9 Å². The van der Waals surface area contributed by atoms with E-state index >= 15 is 0 Å². The van der Waals surface area contributed by atoms with Gasteiger partial charge in [0.05, 0.1) is 10.8 Å². The maximum atomic E-state index is 12.3. The Hall–Kier alpha value is -1.06. The lowest BCUT2D eigenvalue weighted by Gasteiger charge is -2.48. The second-order valence-corrected chi connectivity index (χ2v) is 8.79. The van der Waals surface area contributed by atoms with Gasteiger partial charge in [0.15, 0.2) is 0 Å². The predicted molar refractivity (Wildman–Crippen MR) is 105 cm³/mol. The molecule has 1 fully saturated rings. The molecule has 0 aromatic heterocycles. The van der Waals surface area contributed by atoms with E-state index < -0.39 is 22.8 Å². The lowest BCUT2D eigenvalue weighted by molar-refractivity contribution is -0.182. The molecule has 0 heterocycles. The van der Waals surface area contributed by atoms with Gasteiger partial charge in [-0.3, -0.25) is 9.59 Å². The van der Waals surface area contributed by atoms with Gasteiger partial charge in [-0.15, -0.1) is 0 Å². The lowest BCUT2D eigenvalue weighted by Crippen LogP contribution is -2.54. The summed E-state index contributed by atoms with van der Waals surface area (Å²) in [4.78, 5) is 24.6. The summed E-state index contributed by atoms with van der Waals surface area (Å²) in [5.74, 6) is -1.03. The topological polar surface area (TPSA) is 74.6 Å². The van der Waals surface area contributed by atoms with Crippen molar-refractivity contribution in [1.29, 1.82) is 0 Å². The first-order chi connectivity index (χ1) is 12.3. The van der Waals surface area contributed by atoms with Crippen molar-refractivity contribution < 1.29 is 19.8 Å². The van der Waals surface area contributed by atoms with Gasteiger partial charge >= 0.3 is 11.9 Å². The third-order valence-electron chi connectivity index (χ3n) is 6.53. The summed E-state index contributed by atoms with van der Waals surface area (Å²) < 4.78 is 0. The highest BCUT2D eigenvalue weighted by molar-refractivity contribution is 5.87. The summed E-state index contributed by atoms with van der Waals surface area (Å²) >= 11 is 0. The van der Waals surface area contributed by atoms with Gasteiger partial charge < -0.3 is 10.2 Å². The Morgan fingerprint density at radius 3 is 1.73 bits per heavy atom. The molecule has 4 heteroatoms. The second kappa shape index (κ2) is 10.9. The summed E-state index contributed by atoms with van der Waals surface area (Å²) in [5.41, 5.74) is -2.16. The highest BCUT2D eigenvalue weighted by Crippen LogP contribution is 2.56. The Kier molecular flexibility index (Phi) is 9.67. The fourth-order valence-corrected chi connectivity index (χ4v) is 4.89. The van der Waals surface area contributed by atoms with E-state index in [1.54, 1.807) is 0 Å². The Morgan fingerprint density at radius 1 is 0.808 bits per heavy atom. The molecule has 4 nitrogen and oxygen atoms in total. The molecule has 1 aliphatic rings. The number of hydrogen-bond donors (Lipinski definition) is 2. The van der Waals surface area contributed by atoms with E-state index in [-0.39, 0.29) is 0 Å². The van der Waals surface area contributed by atoms with Gasteiger partial charge in [-0.1, -0.05) is 85.0 Å². The zero-order chi connectivity index (χ0) is 19.6.